The summed E-state index contributed by atoms with van der Waals surface area (Å²) in [6, 6.07) is 1.18. The summed E-state index contributed by atoms with van der Waals surface area (Å²) in [7, 11) is 1.77. The highest BCUT2D eigenvalue weighted by atomic mass is 16.6. The van der Waals surface area contributed by atoms with Gasteiger partial charge in [-0.15, -0.1) is 0 Å². The van der Waals surface area contributed by atoms with Gasteiger partial charge >= 0.3 is 0 Å². The fraction of sp³-hybridized carbons (Fsp3) is 0.250. The lowest BCUT2D eigenvalue weighted by Gasteiger charge is -2.05. The van der Waals surface area contributed by atoms with Crippen molar-refractivity contribution in [3.63, 3.8) is 0 Å². The first-order valence-corrected chi connectivity index (χ1v) is 6.05. The molecule has 0 aliphatic heterocycles. The summed E-state index contributed by atoms with van der Waals surface area (Å²) in [4.78, 5) is 25.9. The third-order valence-electron chi connectivity index (χ3n) is 2.90. The van der Waals surface area contributed by atoms with E-state index < -0.39 is 10.8 Å². The van der Waals surface area contributed by atoms with Crippen LogP contribution in [0.2, 0.25) is 0 Å². The van der Waals surface area contributed by atoms with E-state index >= 15 is 0 Å². The maximum Gasteiger partial charge on any atom is 0.300 e. The minimum atomic E-state index is -0.670. The fourth-order valence-corrected chi connectivity index (χ4v) is 1.88. The number of rotatable bonds is 4. The van der Waals surface area contributed by atoms with E-state index in [4.69, 9.17) is 5.73 Å². The predicted molar refractivity (Wildman–Crippen MR) is 74.4 cm³/mol. The molecule has 0 saturated heterocycles. The van der Waals surface area contributed by atoms with Crippen LogP contribution in [-0.4, -0.2) is 25.6 Å². The Morgan fingerprint density at radius 3 is 2.86 bits per heavy atom. The monoisotopic (exact) mass is 290 g/mol. The van der Waals surface area contributed by atoms with Crippen LogP contribution in [0.3, 0.4) is 0 Å². The molecule has 9 nitrogen and oxygen atoms in total. The highest BCUT2D eigenvalue weighted by Crippen LogP contribution is 2.19. The summed E-state index contributed by atoms with van der Waals surface area (Å²) in [5.41, 5.74) is 6.58. The lowest BCUT2D eigenvalue weighted by molar-refractivity contribution is -0.385. The van der Waals surface area contributed by atoms with Gasteiger partial charge in [-0.1, -0.05) is 0 Å². The molecule has 0 aliphatic rings. The largest absolute Gasteiger partial charge is 0.384 e. The number of nitrogens with one attached hydrogen (secondary N) is 1. The van der Waals surface area contributed by atoms with E-state index in [9.17, 15) is 14.9 Å². The van der Waals surface area contributed by atoms with Crippen molar-refractivity contribution in [2.75, 3.05) is 5.73 Å². The van der Waals surface area contributed by atoms with E-state index in [1.807, 2.05) is 6.92 Å². The maximum atomic E-state index is 12.1. The minimum Gasteiger partial charge on any atom is -0.384 e. The van der Waals surface area contributed by atoms with E-state index in [0.717, 1.165) is 17.5 Å². The van der Waals surface area contributed by atoms with Gasteiger partial charge in [0.1, 0.15) is 17.6 Å². The molecule has 0 saturated carbocycles. The summed E-state index contributed by atoms with van der Waals surface area (Å²) in [6.07, 6.45) is 2.74. The fourth-order valence-electron chi connectivity index (χ4n) is 1.88. The van der Waals surface area contributed by atoms with Gasteiger partial charge in [0, 0.05) is 25.4 Å². The lowest BCUT2D eigenvalue weighted by atomic mass is 10.2. The number of aryl methyl sites for hydroxylation is 2. The summed E-state index contributed by atoms with van der Waals surface area (Å²) in [5.74, 6) is -0.539. The van der Waals surface area contributed by atoms with Crippen LogP contribution in [0.15, 0.2) is 18.5 Å². The Morgan fingerprint density at radius 2 is 2.29 bits per heavy atom. The Balaban J connectivity index is 2.19. The Labute approximate surface area is 119 Å². The minimum absolute atomic E-state index is 0.0447. The Hall–Kier alpha value is -2.97. The van der Waals surface area contributed by atoms with Gasteiger partial charge in [-0.3, -0.25) is 19.6 Å². The zero-order valence-corrected chi connectivity index (χ0v) is 11.5. The average molecular weight is 290 g/mol. The molecule has 1 amide bonds. The van der Waals surface area contributed by atoms with Crippen molar-refractivity contribution < 1.29 is 9.72 Å². The number of nitro groups is 1. The number of anilines is 1. The number of nitrogens with zero attached hydrogens (tertiary/aromatic N) is 4. The van der Waals surface area contributed by atoms with Gasteiger partial charge in [0.05, 0.1) is 10.6 Å². The Bertz CT molecular complexity index is 709. The molecule has 0 atom stereocenters. The Morgan fingerprint density at radius 1 is 1.57 bits per heavy atom. The SMILES string of the molecule is Cc1nn(C)cc1CNC(=O)c1cc(N)ncc1[N+](=O)[O-]. The smallest absolute Gasteiger partial charge is 0.300 e. The predicted octanol–water partition coefficient (Wildman–Crippen LogP) is 0.544. The van der Waals surface area contributed by atoms with Crippen LogP contribution in [0.1, 0.15) is 21.6 Å². The molecule has 0 radical (unpaired) electrons. The highest BCUT2D eigenvalue weighted by Gasteiger charge is 2.21. The molecular formula is C12H14N6O3. The van der Waals surface area contributed by atoms with Crippen LogP contribution in [0.25, 0.3) is 0 Å². The van der Waals surface area contributed by atoms with Crippen molar-refractivity contribution in [1.29, 1.82) is 0 Å². The second kappa shape index (κ2) is 5.57. The van der Waals surface area contributed by atoms with Crippen molar-refractivity contribution in [1.82, 2.24) is 20.1 Å². The van der Waals surface area contributed by atoms with Gasteiger partial charge in [-0.2, -0.15) is 5.10 Å². The number of carbonyl (C=O) groups excluding carboxylic acids is 1. The summed E-state index contributed by atoms with van der Waals surface area (Å²) in [5, 5.41) is 17.7. The molecule has 2 aromatic rings. The number of carbonyl (C=O) groups is 1. The maximum absolute atomic E-state index is 12.1. The van der Waals surface area contributed by atoms with E-state index in [-0.39, 0.29) is 23.6 Å². The molecular weight excluding hydrogens is 276 g/mol. The van der Waals surface area contributed by atoms with Gasteiger partial charge in [0.15, 0.2) is 0 Å². The van der Waals surface area contributed by atoms with E-state index in [1.165, 1.54) is 6.07 Å². The number of amides is 1. The number of aromatic nitrogens is 3. The van der Waals surface area contributed by atoms with Crippen LogP contribution in [0.5, 0.6) is 0 Å². The number of hydrogen-bond acceptors (Lipinski definition) is 6. The number of nitrogen functional groups attached to an aromatic ring is 1. The molecule has 0 aliphatic carbocycles. The van der Waals surface area contributed by atoms with Gasteiger partial charge in [0.2, 0.25) is 0 Å². The van der Waals surface area contributed by atoms with Crippen molar-refractivity contribution >= 4 is 17.4 Å². The molecule has 9 heteroatoms. The average Bonchev–Trinajstić information content (AvgIpc) is 2.73. The third kappa shape index (κ3) is 3.14. The highest BCUT2D eigenvalue weighted by molar-refractivity contribution is 5.98. The van der Waals surface area contributed by atoms with E-state index in [2.05, 4.69) is 15.4 Å². The standard InChI is InChI=1S/C12H14N6O3/c1-7-8(6-17(2)16-7)4-15-12(19)9-3-11(13)14-5-10(9)18(20)21/h3,5-6H,4H2,1-2H3,(H2,13,14)(H,15,19). The van der Waals surface area contributed by atoms with Crippen molar-refractivity contribution in [3.8, 4) is 0 Å². The van der Waals surface area contributed by atoms with Crippen molar-refractivity contribution in [2.24, 2.45) is 7.05 Å². The molecule has 21 heavy (non-hydrogen) atoms. The second-order valence-electron chi connectivity index (χ2n) is 4.48. The molecule has 3 N–H and O–H groups in total. The summed E-state index contributed by atoms with van der Waals surface area (Å²) < 4.78 is 1.63. The first-order valence-electron chi connectivity index (χ1n) is 6.05. The van der Waals surface area contributed by atoms with Gasteiger partial charge in [0.25, 0.3) is 11.6 Å². The van der Waals surface area contributed by atoms with Crippen LogP contribution < -0.4 is 11.1 Å². The van der Waals surface area contributed by atoms with Crippen LogP contribution in [0.4, 0.5) is 11.5 Å². The molecule has 110 valence electrons. The molecule has 2 rings (SSSR count). The molecule has 0 fully saturated rings. The summed E-state index contributed by atoms with van der Waals surface area (Å²) >= 11 is 0. The lowest BCUT2D eigenvalue weighted by Crippen LogP contribution is -2.24. The van der Waals surface area contributed by atoms with Crippen molar-refractivity contribution in [2.45, 2.75) is 13.5 Å². The summed E-state index contributed by atoms with van der Waals surface area (Å²) in [6.45, 7) is 2.03. The topological polar surface area (TPSA) is 129 Å². The number of hydrogen-bond donors (Lipinski definition) is 2. The van der Waals surface area contributed by atoms with E-state index in [1.54, 1.807) is 17.9 Å². The quantitative estimate of drug-likeness (QED) is 0.624. The molecule has 0 spiro atoms. The van der Waals surface area contributed by atoms with Crippen LogP contribution >= 0.6 is 0 Å². The zero-order chi connectivity index (χ0) is 15.6. The van der Waals surface area contributed by atoms with Crippen LogP contribution in [0, 0.1) is 17.0 Å². The normalized spacial score (nSPS) is 10.4. The van der Waals surface area contributed by atoms with Crippen molar-refractivity contribution in [3.05, 3.63) is 45.4 Å². The molecule has 0 bridgehead atoms. The third-order valence-corrected chi connectivity index (χ3v) is 2.90. The molecule has 0 unspecified atom stereocenters. The van der Waals surface area contributed by atoms with Gasteiger partial charge in [-0.25, -0.2) is 4.98 Å². The van der Waals surface area contributed by atoms with Crippen LogP contribution in [-0.2, 0) is 13.6 Å². The number of nitrogens with two attached hydrogens (primary N) is 1. The molecule has 2 aromatic heterocycles. The molecule has 2 heterocycles. The Kier molecular flexibility index (Phi) is 3.83. The zero-order valence-electron chi connectivity index (χ0n) is 11.5. The van der Waals surface area contributed by atoms with Gasteiger partial charge < -0.3 is 11.1 Å². The first kappa shape index (κ1) is 14.4. The second-order valence-corrected chi connectivity index (χ2v) is 4.48. The first-order chi connectivity index (χ1) is 9.88. The molecule has 0 aromatic carbocycles. The van der Waals surface area contributed by atoms with Gasteiger partial charge in [-0.05, 0) is 13.0 Å². The van der Waals surface area contributed by atoms with E-state index in [0.29, 0.717) is 0 Å². The number of pyridine rings is 1.